The zero-order valence-corrected chi connectivity index (χ0v) is 20.8. The average molecular weight is 502 g/mol. The fourth-order valence-corrected chi connectivity index (χ4v) is 4.66. The number of urea groups is 1. The molecule has 5 rings (SSSR count). The van der Waals surface area contributed by atoms with Crippen molar-refractivity contribution < 1.29 is 19.4 Å². The third-order valence-corrected chi connectivity index (χ3v) is 6.49. The van der Waals surface area contributed by atoms with E-state index in [1.165, 1.54) is 18.3 Å². The van der Waals surface area contributed by atoms with Gasteiger partial charge in [-0.25, -0.2) is 19.6 Å². The number of carbonyl (C=O) groups is 2. The number of nitrogens with zero attached hydrogens (tertiary/aromatic N) is 6. The number of aromatic nitrogens is 4. The summed E-state index contributed by atoms with van der Waals surface area (Å²) in [6.07, 6.45) is 2.43. The van der Waals surface area contributed by atoms with E-state index in [4.69, 9.17) is 4.74 Å². The molecule has 0 saturated carbocycles. The quantitative estimate of drug-likeness (QED) is 0.434. The Balaban J connectivity index is 1.53. The first-order valence-electron chi connectivity index (χ1n) is 11.8. The number of hydrogen-bond acceptors (Lipinski definition) is 6. The van der Waals surface area contributed by atoms with Gasteiger partial charge in [0, 0.05) is 61.5 Å². The van der Waals surface area contributed by atoms with Crippen molar-refractivity contribution in [3.63, 3.8) is 0 Å². The highest BCUT2D eigenvalue weighted by atomic mass is 16.5. The lowest BCUT2D eigenvalue weighted by Gasteiger charge is -2.38. The number of fused-ring (bicyclic) bond motifs is 1. The summed E-state index contributed by atoms with van der Waals surface area (Å²) in [7, 11) is 3.39. The molecule has 2 aromatic heterocycles. The van der Waals surface area contributed by atoms with Crippen molar-refractivity contribution in [2.45, 2.75) is 13.0 Å². The SMILES string of the molecule is COc1cc2ncnc(-c3cn(C)nc3-c3ccccc3)c2cc1NC(=O)N1CCN(C(=O)O)CC1C. The third-order valence-electron chi connectivity index (χ3n) is 6.49. The number of benzene rings is 2. The van der Waals surface area contributed by atoms with Crippen molar-refractivity contribution >= 4 is 28.7 Å². The molecule has 1 unspecified atom stereocenters. The molecule has 3 amide bonds. The molecule has 190 valence electrons. The van der Waals surface area contributed by atoms with Gasteiger partial charge in [-0.15, -0.1) is 0 Å². The van der Waals surface area contributed by atoms with E-state index in [9.17, 15) is 14.7 Å². The molecule has 0 aliphatic carbocycles. The van der Waals surface area contributed by atoms with Crippen LogP contribution in [0.25, 0.3) is 33.4 Å². The average Bonchev–Trinajstić information content (AvgIpc) is 3.29. The predicted molar refractivity (Wildman–Crippen MR) is 139 cm³/mol. The van der Waals surface area contributed by atoms with Crippen LogP contribution in [0.1, 0.15) is 6.92 Å². The van der Waals surface area contributed by atoms with Crippen LogP contribution in [0.4, 0.5) is 15.3 Å². The van der Waals surface area contributed by atoms with Crippen LogP contribution in [-0.2, 0) is 7.05 Å². The van der Waals surface area contributed by atoms with Gasteiger partial charge < -0.3 is 25.0 Å². The Bertz CT molecular complexity index is 1470. The van der Waals surface area contributed by atoms with E-state index in [2.05, 4.69) is 20.4 Å². The van der Waals surface area contributed by atoms with E-state index in [-0.39, 0.29) is 25.2 Å². The molecule has 1 saturated heterocycles. The topological polar surface area (TPSA) is 126 Å². The third kappa shape index (κ3) is 4.63. The van der Waals surface area contributed by atoms with Crippen molar-refractivity contribution in [3.05, 3.63) is 55.0 Å². The summed E-state index contributed by atoms with van der Waals surface area (Å²) in [6, 6.07) is 12.8. The van der Waals surface area contributed by atoms with Crippen molar-refractivity contribution in [3.8, 4) is 28.3 Å². The fourth-order valence-electron chi connectivity index (χ4n) is 4.66. The first-order valence-corrected chi connectivity index (χ1v) is 11.8. The Morgan fingerprint density at radius 3 is 2.59 bits per heavy atom. The van der Waals surface area contributed by atoms with Gasteiger partial charge in [-0.2, -0.15) is 5.10 Å². The van der Waals surface area contributed by atoms with Crippen LogP contribution in [0.3, 0.4) is 0 Å². The summed E-state index contributed by atoms with van der Waals surface area (Å²) in [6.45, 7) is 2.62. The van der Waals surface area contributed by atoms with E-state index in [1.807, 2.05) is 50.5 Å². The standard InChI is InChI=1S/C26H27N7O4/c1-16-13-32(26(35)36)9-10-33(16)25(34)29-21-11-18-20(12-22(21)37-3)27-15-28-24(18)19-14-31(2)30-23(19)17-7-5-4-6-8-17/h4-8,11-12,14-16H,9-10,13H2,1-3H3,(H,29,34)(H,35,36). The monoisotopic (exact) mass is 501 g/mol. The Morgan fingerprint density at radius 2 is 1.89 bits per heavy atom. The maximum absolute atomic E-state index is 13.2. The molecule has 0 radical (unpaired) electrons. The fraction of sp³-hybridized carbons (Fsp3) is 0.269. The molecule has 37 heavy (non-hydrogen) atoms. The van der Waals surface area contributed by atoms with Crippen molar-refractivity contribution in [2.24, 2.45) is 7.05 Å². The zero-order chi connectivity index (χ0) is 26.1. The van der Waals surface area contributed by atoms with Gasteiger partial charge in [0.15, 0.2) is 0 Å². The second-order valence-corrected chi connectivity index (χ2v) is 8.92. The number of carboxylic acid groups (broad SMARTS) is 1. The Kier molecular flexibility index (Phi) is 6.34. The van der Waals surface area contributed by atoms with Gasteiger partial charge in [-0.3, -0.25) is 4.68 Å². The normalized spacial score (nSPS) is 15.6. The molecule has 0 bridgehead atoms. The lowest BCUT2D eigenvalue weighted by molar-refractivity contribution is 0.0923. The van der Waals surface area contributed by atoms with Crippen LogP contribution in [0.15, 0.2) is 55.0 Å². The van der Waals surface area contributed by atoms with Gasteiger partial charge in [0.1, 0.15) is 17.8 Å². The van der Waals surface area contributed by atoms with Crippen LogP contribution in [0, 0.1) is 0 Å². The number of carbonyl (C=O) groups excluding carboxylic acids is 1. The number of anilines is 1. The molecule has 1 aliphatic heterocycles. The molecule has 3 heterocycles. The number of ether oxygens (including phenoxy) is 1. The smallest absolute Gasteiger partial charge is 0.407 e. The highest BCUT2D eigenvalue weighted by molar-refractivity contribution is 6.01. The summed E-state index contributed by atoms with van der Waals surface area (Å²) in [4.78, 5) is 36.5. The molecule has 1 aliphatic rings. The van der Waals surface area contributed by atoms with Crippen LogP contribution in [0.2, 0.25) is 0 Å². The number of aryl methyl sites for hydroxylation is 1. The van der Waals surface area contributed by atoms with E-state index >= 15 is 0 Å². The molecular weight excluding hydrogens is 474 g/mol. The minimum atomic E-state index is -0.985. The zero-order valence-electron chi connectivity index (χ0n) is 20.8. The number of rotatable bonds is 4. The van der Waals surface area contributed by atoms with E-state index in [0.29, 0.717) is 29.2 Å². The maximum atomic E-state index is 13.2. The minimum Gasteiger partial charge on any atom is -0.494 e. The van der Waals surface area contributed by atoms with Crippen LogP contribution in [0.5, 0.6) is 5.75 Å². The maximum Gasteiger partial charge on any atom is 0.407 e. The molecule has 2 aromatic carbocycles. The summed E-state index contributed by atoms with van der Waals surface area (Å²) in [5, 5.41) is 17.6. The Labute approximate surface area is 213 Å². The summed E-state index contributed by atoms with van der Waals surface area (Å²) in [5.74, 6) is 0.455. The summed E-state index contributed by atoms with van der Waals surface area (Å²) in [5.41, 5.74) is 4.39. The highest BCUT2D eigenvalue weighted by Crippen LogP contribution is 2.37. The predicted octanol–water partition coefficient (Wildman–Crippen LogP) is 3.92. The molecule has 1 atom stereocenters. The van der Waals surface area contributed by atoms with Crippen molar-refractivity contribution in [1.82, 2.24) is 29.5 Å². The van der Waals surface area contributed by atoms with E-state index in [0.717, 1.165) is 22.2 Å². The first-order chi connectivity index (χ1) is 17.9. The second-order valence-electron chi connectivity index (χ2n) is 8.92. The molecule has 4 aromatic rings. The molecular formula is C26H27N7O4. The highest BCUT2D eigenvalue weighted by Gasteiger charge is 2.30. The van der Waals surface area contributed by atoms with Gasteiger partial charge in [0.05, 0.1) is 24.0 Å². The van der Waals surface area contributed by atoms with Crippen LogP contribution in [-0.4, -0.2) is 79.6 Å². The Hall–Kier alpha value is -4.67. The molecule has 11 nitrogen and oxygen atoms in total. The van der Waals surface area contributed by atoms with Crippen molar-refractivity contribution in [1.29, 1.82) is 0 Å². The van der Waals surface area contributed by atoms with Crippen molar-refractivity contribution in [2.75, 3.05) is 32.1 Å². The number of piperazine rings is 1. The Morgan fingerprint density at radius 1 is 1.11 bits per heavy atom. The first kappa shape index (κ1) is 24.0. The molecule has 1 fully saturated rings. The minimum absolute atomic E-state index is 0.249. The van der Waals surface area contributed by atoms with Gasteiger partial charge in [0.25, 0.3) is 0 Å². The molecule has 2 N–H and O–H groups in total. The molecule has 0 spiro atoms. The van der Waals surface area contributed by atoms with Crippen LogP contribution >= 0.6 is 0 Å². The van der Waals surface area contributed by atoms with Gasteiger partial charge in [0.2, 0.25) is 0 Å². The lowest BCUT2D eigenvalue weighted by Crippen LogP contribution is -2.56. The summed E-state index contributed by atoms with van der Waals surface area (Å²) >= 11 is 0. The van der Waals surface area contributed by atoms with E-state index in [1.54, 1.807) is 21.7 Å². The number of methoxy groups -OCH3 is 1. The second kappa shape index (κ2) is 9.76. The molecule has 11 heteroatoms. The van der Waals surface area contributed by atoms with Gasteiger partial charge >= 0.3 is 12.1 Å². The lowest BCUT2D eigenvalue weighted by atomic mass is 10.0. The van der Waals surface area contributed by atoms with Gasteiger partial charge in [-0.05, 0) is 13.0 Å². The van der Waals surface area contributed by atoms with E-state index < -0.39 is 6.09 Å². The van der Waals surface area contributed by atoms with Gasteiger partial charge in [-0.1, -0.05) is 30.3 Å². The summed E-state index contributed by atoms with van der Waals surface area (Å²) < 4.78 is 7.31. The number of nitrogens with one attached hydrogen (secondary N) is 1. The largest absolute Gasteiger partial charge is 0.494 e. The number of amides is 3. The van der Waals surface area contributed by atoms with Crippen LogP contribution < -0.4 is 10.1 Å². The number of hydrogen-bond donors (Lipinski definition) is 2.